The number of rotatable bonds is 2. The molecule has 11 heavy (non-hydrogen) atoms. The normalized spacial score (nSPS) is 11.6. The first-order valence-corrected chi connectivity index (χ1v) is 3.92. The van der Waals surface area contributed by atoms with Crippen molar-refractivity contribution in [2.45, 2.75) is 26.7 Å². The van der Waals surface area contributed by atoms with Crippen molar-refractivity contribution in [2.75, 3.05) is 0 Å². The molecular weight excluding hydrogens is 136 g/mol. The van der Waals surface area contributed by atoms with Gasteiger partial charge in [-0.25, -0.2) is 0 Å². The van der Waals surface area contributed by atoms with Crippen LogP contribution >= 0.6 is 0 Å². The van der Waals surface area contributed by atoms with Gasteiger partial charge in [-0.15, -0.1) is 0 Å². The first-order chi connectivity index (χ1) is 5.24. The number of allylic oxidation sites excluding steroid dienone is 1. The van der Waals surface area contributed by atoms with Crippen LogP contribution in [0.2, 0.25) is 0 Å². The molecule has 0 aliphatic heterocycles. The molecular formula is C9H14N2. The highest BCUT2D eigenvalue weighted by atomic mass is 15.1. The molecule has 0 saturated carbocycles. The van der Waals surface area contributed by atoms with Gasteiger partial charge in [-0.1, -0.05) is 19.9 Å². The Morgan fingerprint density at radius 1 is 1.55 bits per heavy atom. The van der Waals surface area contributed by atoms with Crippen LogP contribution in [0.5, 0.6) is 0 Å². The van der Waals surface area contributed by atoms with E-state index in [1.54, 1.807) is 0 Å². The van der Waals surface area contributed by atoms with Crippen LogP contribution in [0.3, 0.4) is 0 Å². The zero-order valence-electron chi connectivity index (χ0n) is 7.26. The first kappa shape index (κ1) is 8.05. The number of H-pyrrole nitrogens is 1. The van der Waals surface area contributed by atoms with E-state index in [9.17, 15) is 0 Å². The predicted molar refractivity (Wildman–Crippen MR) is 47.4 cm³/mol. The fourth-order valence-electron chi connectivity index (χ4n) is 0.905. The van der Waals surface area contributed by atoms with E-state index in [0.29, 0.717) is 5.92 Å². The minimum absolute atomic E-state index is 0.529. The van der Waals surface area contributed by atoms with E-state index in [0.717, 1.165) is 5.69 Å². The highest BCUT2D eigenvalue weighted by molar-refractivity contribution is 5.44. The Morgan fingerprint density at radius 2 is 2.27 bits per heavy atom. The topological polar surface area (TPSA) is 28.7 Å². The summed E-state index contributed by atoms with van der Waals surface area (Å²) in [5.41, 5.74) is 2.20. The third-order valence-corrected chi connectivity index (χ3v) is 1.58. The standard InChI is InChI=1S/C9H14N2/c1-4-5-8-6-9(7(2)3)11-10-8/h4-7H,1-3H3,(H,10,11)/b5-4+. The van der Waals surface area contributed by atoms with E-state index in [-0.39, 0.29) is 0 Å². The molecule has 0 aliphatic rings. The van der Waals surface area contributed by atoms with Crippen LogP contribution < -0.4 is 0 Å². The monoisotopic (exact) mass is 150 g/mol. The molecule has 2 heteroatoms. The van der Waals surface area contributed by atoms with Gasteiger partial charge in [0.15, 0.2) is 0 Å². The smallest absolute Gasteiger partial charge is 0.0848 e. The van der Waals surface area contributed by atoms with Gasteiger partial charge in [0.05, 0.1) is 5.69 Å². The molecule has 60 valence electrons. The van der Waals surface area contributed by atoms with Crippen LogP contribution in [0.25, 0.3) is 6.08 Å². The minimum Gasteiger partial charge on any atom is -0.282 e. The van der Waals surface area contributed by atoms with Gasteiger partial charge in [0.2, 0.25) is 0 Å². The summed E-state index contributed by atoms with van der Waals surface area (Å²) < 4.78 is 0. The number of nitrogens with zero attached hydrogens (tertiary/aromatic N) is 1. The second-order valence-corrected chi connectivity index (χ2v) is 2.90. The van der Waals surface area contributed by atoms with Crippen LogP contribution in [0, 0.1) is 0 Å². The molecule has 1 rings (SSSR count). The third kappa shape index (κ3) is 1.93. The number of aromatic nitrogens is 2. The minimum atomic E-state index is 0.529. The van der Waals surface area contributed by atoms with Crippen molar-refractivity contribution in [3.05, 3.63) is 23.5 Å². The SMILES string of the molecule is C/C=C/c1cc(C(C)C)[nH]n1. The van der Waals surface area contributed by atoms with Crippen molar-refractivity contribution in [1.29, 1.82) is 0 Å². The van der Waals surface area contributed by atoms with E-state index in [2.05, 4.69) is 30.1 Å². The van der Waals surface area contributed by atoms with Crippen LogP contribution in [0.1, 0.15) is 38.1 Å². The molecule has 0 bridgehead atoms. The van der Waals surface area contributed by atoms with E-state index in [1.807, 2.05) is 19.1 Å². The second-order valence-electron chi connectivity index (χ2n) is 2.90. The molecule has 1 aromatic heterocycles. The Bertz CT molecular complexity index is 246. The fourth-order valence-corrected chi connectivity index (χ4v) is 0.905. The summed E-state index contributed by atoms with van der Waals surface area (Å²) in [6.07, 6.45) is 3.97. The molecule has 0 unspecified atom stereocenters. The maximum Gasteiger partial charge on any atom is 0.0848 e. The summed E-state index contributed by atoms with van der Waals surface area (Å²) in [5.74, 6) is 0.529. The number of hydrogen-bond donors (Lipinski definition) is 1. The maximum absolute atomic E-state index is 4.12. The number of nitrogens with one attached hydrogen (secondary N) is 1. The maximum atomic E-state index is 4.12. The zero-order valence-corrected chi connectivity index (χ0v) is 7.26. The lowest BCUT2D eigenvalue weighted by atomic mass is 10.1. The van der Waals surface area contributed by atoms with E-state index < -0.39 is 0 Å². The average Bonchev–Trinajstić information content (AvgIpc) is 2.37. The van der Waals surface area contributed by atoms with Crippen molar-refractivity contribution in [3.63, 3.8) is 0 Å². The van der Waals surface area contributed by atoms with Crippen LogP contribution in [0.4, 0.5) is 0 Å². The fraction of sp³-hybridized carbons (Fsp3) is 0.444. The van der Waals surface area contributed by atoms with E-state index in [1.165, 1.54) is 5.69 Å². The lowest BCUT2D eigenvalue weighted by molar-refractivity contribution is 0.810. The van der Waals surface area contributed by atoms with Crippen molar-refractivity contribution in [1.82, 2.24) is 10.2 Å². The molecule has 0 saturated heterocycles. The Kier molecular flexibility index (Phi) is 2.47. The zero-order chi connectivity index (χ0) is 8.27. The molecule has 0 fully saturated rings. The lowest BCUT2D eigenvalue weighted by Gasteiger charge is -1.95. The highest BCUT2D eigenvalue weighted by Crippen LogP contribution is 2.12. The molecule has 0 amide bonds. The molecule has 0 atom stereocenters. The Morgan fingerprint density at radius 3 is 2.73 bits per heavy atom. The Labute approximate surface area is 67.3 Å². The average molecular weight is 150 g/mol. The van der Waals surface area contributed by atoms with Gasteiger partial charge in [-0.05, 0) is 25.0 Å². The van der Waals surface area contributed by atoms with Crippen molar-refractivity contribution in [2.24, 2.45) is 0 Å². The van der Waals surface area contributed by atoms with Crippen molar-refractivity contribution < 1.29 is 0 Å². The number of hydrogen-bond acceptors (Lipinski definition) is 1. The van der Waals surface area contributed by atoms with Gasteiger partial charge in [0.1, 0.15) is 0 Å². The second kappa shape index (κ2) is 3.37. The summed E-state index contributed by atoms with van der Waals surface area (Å²) in [7, 11) is 0. The van der Waals surface area contributed by atoms with Gasteiger partial charge >= 0.3 is 0 Å². The summed E-state index contributed by atoms with van der Waals surface area (Å²) in [6.45, 7) is 6.28. The van der Waals surface area contributed by atoms with Gasteiger partial charge in [0, 0.05) is 5.69 Å². The van der Waals surface area contributed by atoms with Crippen molar-refractivity contribution >= 4 is 6.08 Å². The molecule has 2 nitrogen and oxygen atoms in total. The highest BCUT2D eigenvalue weighted by Gasteiger charge is 2.00. The molecule has 1 aromatic rings. The summed E-state index contributed by atoms with van der Waals surface area (Å²) in [4.78, 5) is 0. The quantitative estimate of drug-likeness (QED) is 0.689. The summed E-state index contributed by atoms with van der Waals surface area (Å²) in [6, 6.07) is 2.07. The van der Waals surface area contributed by atoms with Crippen LogP contribution in [-0.2, 0) is 0 Å². The lowest BCUT2D eigenvalue weighted by Crippen LogP contribution is -1.85. The van der Waals surface area contributed by atoms with Gasteiger partial charge in [-0.2, -0.15) is 5.10 Å². The molecule has 1 heterocycles. The van der Waals surface area contributed by atoms with Crippen LogP contribution in [-0.4, -0.2) is 10.2 Å². The van der Waals surface area contributed by atoms with Gasteiger partial charge in [0.25, 0.3) is 0 Å². The van der Waals surface area contributed by atoms with Crippen molar-refractivity contribution in [3.8, 4) is 0 Å². The summed E-state index contributed by atoms with van der Waals surface area (Å²) in [5, 5.41) is 7.10. The molecule has 0 spiro atoms. The van der Waals surface area contributed by atoms with Gasteiger partial charge < -0.3 is 0 Å². The summed E-state index contributed by atoms with van der Waals surface area (Å²) >= 11 is 0. The molecule has 0 aliphatic carbocycles. The molecule has 0 radical (unpaired) electrons. The predicted octanol–water partition coefficient (Wildman–Crippen LogP) is 2.57. The number of aromatic amines is 1. The van der Waals surface area contributed by atoms with E-state index >= 15 is 0 Å². The van der Waals surface area contributed by atoms with Crippen LogP contribution in [0.15, 0.2) is 12.1 Å². The molecule has 1 N–H and O–H groups in total. The van der Waals surface area contributed by atoms with Gasteiger partial charge in [-0.3, -0.25) is 5.10 Å². The largest absolute Gasteiger partial charge is 0.282 e. The molecule has 0 aromatic carbocycles. The first-order valence-electron chi connectivity index (χ1n) is 3.92. The van der Waals surface area contributed by atoms with E-state index in [4.69, 9.17) is 0 Å². The third-order valence-electron chi connectivity index (χ3n) is 1.58. The Hall–Kier alpha value is -1.05. The Balaban J connectivity index is 2.81.